The molecule has 0 saturated carbocycles. The number of carbonyl (C=O) groups excluding carboxylic acids is 2. The van der Waals surface area contributed by atoms with Crippen LogP contribution in [-0.2, 0) is 4.79 Å². The van der Waals surface area contributed by atoms with E-state index in [1.807, 2.05) is 30.0 Å². The minimum atomic E-state index is -0.354. The topological polar surface area (TPSA) is 59.6 Å². The van der Waals surface area contributed by atoms with Gasteiger partial charge in [0.25, 0.3) is 5.91 Å². The summed E-state index contributed by atoms with van der Waals surface area (Å²) < 4.78 is 0. The number of H-pyrrole nitrogens is 1. The Balaban J connectivity index is 1.68. The number of aromatic nitrogens is 1. The van der Waals surface area contributed by atoms with E-state index < -0.39 is 0 Å². The molecule has 1 aromatic rings. The molecule has 1 spiro atoms. The first-order chi connectivity index (χ1) is 11.0. The number of amides is 2. The lowest BCUT2D eigenvalue weighted by Gasteiger charge is -2.39. The molecule has 2 fully saturated rings. The first-order valence-electron chi connectivity index (χ1n) is 8.39. The molecule has 2 amide bonds. The third-order valence-electron chi connectivity index (χ3n) is 5.11. The second kappa shape index (κ2) is 6.35. The van der Waals surface area contributed by atoms with Crippen molar-refractivity contribution in [2.75, 3.05) is 46.8 Å². The molecule has 1 aromatic heterocycles. The zero-order valence-electron chi connectivity index (χ0n) is 14.0. The van der Waals surface area contributed by atoms with Crippen LogP contribution in [0.15, 0.2) is 18.3 Å². The molecule has 1 N–H and O–H groups in total. The van der Waals surface area contributed by atoms with E-state index in [0.717, 1.165) is 45.4 Å². The van der Waals surface area contributed by atoms with Crippen molar-refractivity contribution < 1.29 is 9.59 Å². The molecule has 0 radical (unpaired) electrons. The number of hydrogen-bond acceptors (Lipinski definition) is 3. The SMILES string of the molecule is CN(C)CCN1CCC2(CCCN(C(=O)c3ccc[nH]3)C2)C1=O. The molecule has 2 saturated heterocycles. The largest absolute Gasteiger partial charge is 0.357 e. The van der Waals surface area contributed by atoms with E-state index in [1.54, 1.807) is 12.3 Å². The van der Waals surface area contributed by atoms with E-state index in [9.17, 15) is 9.59 Å². The third kappa shape index (κ3) is 3.13. The molecular weight excluding hydrogens is 292 g/mol. The number of piperidine rings is 1. The van der Waals surface area contributed by atoms with Crippen molar-refractivity contribution >= 4 is 11.8 Å². The number of likely N-dealkylation sites (tertiary alicyclic amines) is 2. The molecule has 1 unspecified atom stereocenters. The number of likely N-dealkylation sites (N-methyl/N-ethyl adjacent to an activating group) is 1. The highest BCUT2D eigenvalue weighted by molar-refractivity contribution is 5.93. The number of nitrogens with zero attached hydrogens (tertiary/aromatic N) is 3. The van der Waals surface area contributed by atoms with Gasteiger partial charge in [-0.25, -0.2) is 0 Å². The van der Waals surface area contributed by atoms with Crippen LogP contribution in [-0.4, -0.2) is 78.3 Å². The second-order valence-electron chi connectivity index (χ2n) is 7.04. The maximum Gasteiger partial charge on any atom is 0.270 e. The Morgan fingerprint density at radius 1 is 1.35 bits per heavy atom. The third-order valence-corrected chi connectivity index (χ3v) is 5.11. The van der Waals surface area contributed by atoms with Crippen LogP contribution in [0, 0.1) is 5.41 Å². The average Bonchev–Trinajstić information content (AvgIpc) is 3.16. The van der Waals surface area contributed by atoms with Crippen LogP contribution in [0.25, 0.3) is 0 Å². The van der Waals surface area contributed by atoms with Crippen LogP contribution < -0.4 is 0 Å². The molecule has 0 bridgehead atoms. The summed E-state index contributed by atoms with van der Waals surface area (Å²) in [5.74, 6) is 0.247. The summed E-state index contributed by atoms with van der Waals surface area (Å²) in [5, 5.41) is 0. The van der Waals surface area contributed by atoms with Crippen LogP contribution in [0.5, 0.6) is 0 Å². The molecule has 2 aliphatic rings. The molecule has 6 nitrogen and oxygen atoms in total. The van der Waals surface area contributed by atoms with Crippen LogP contribution in [0.1, 0.15) is 29.8 Å². The molecular formula is C17H26N4O2. The van der Waals surface area contributed by atoms with Gasteiger partial charge in [0.2, 0.25) is 5.91 Å². The molecule has 23 heavy (non-hydrogen) atoms. The zero-order valence-corrected chi connectivity index (χ0v) is 14.0. The smallest absolute Gasteiger partial charge is 0.270 e. The van der Waals surface area contributed by atoms with Crippen molar-refractivity contribution in [2.45, 2.75) is 19.3 Å². The number of hydrogen-bond donors (Lipinski definition) is 1. The second-order valence-corrected chi connectivity index (χ2v) is 7.04. The Morgan fingerprint density at radius 3 is 2.87 bits per heavy atom. The van der Waals surface area contributed by atoms with Gasteiger partial charge in [-0.2, -0.15) is 0 Å². The molecule has 3 heterocycles. The summed E-state index contributed by atoms with van der Waals surface area (Å²) in [5.41, 5.74) is 0.254. The first-order valence-corrected chi connectivity index (χ1v) is 8.39. The highest BCUT2D eigenvalue weighted by Gasteiger charge is 2.49. The van der Waals surface area contributed by atoms with Crippen molar-refractivity contribution in [1.29, 1.82) is 0 Å². The van der Waals surface area contributed by atoms with E-state index in [1.165, 1.54) is 0 Å². The fourth-order valence-electron chi connectivity index (χ4n) is 3.74. The number of nitrogens with one attached hydrogen (secondary N) is 1. The lowest BCUT2D eigenvalue weighted by molar-refractivity contribution is -0.138. The van der Waals surface area contributed by atoms with Gasteiger partial charge in [0, 0.05) is 38.9 Å². The van der Waals surface area contributed by atoms with Gasteiger partial charge in [-0.15, -0.1) is 0 Å². The Labute approximate surface area is 137 Å². The maximum absolute atomic E-state index is 12.9. The lowest BCUT2D eigenvalue weighted by atomic mass is 9.78. The highest BCUT2D eigenvalue weighted by atomic mass is 16.2. The summed E-state index contributed by atoms with van der Waals surface area (Å²) in [6, 6.07) is 3.63. The standard InChI is InChI=1S/C17H26N4O2/c1-19(2)11-12-20-10-7-17(16(20)23)6-4-9-21(13-17)15(22)14-5-3-8-18-14/h3,5,8,18H,4,6-7,9-13H2,1-2H3. The molecule has 126 valence electrons. The van der Waals surface area contributed by atoms with E-state index in [4.69, 9.17) is 0 Å². The molecule has 1 atom stereocenters. The van der Waals surface area contributed by atoms with Gasteiger partial charge < -0.3 is 19.7 Å². The van der Waals surface area contributed by atoms with Crippen LogP contribution in [0.4, 0.5) is 0 Å². The van der Waals surface area contributed by atoms with Gasteiger partial charge in [0.1, 0.15) is 5.69 Å². The van der Waals surface area contributed by atoms with Crippen LogP contribution in [0.3, 0.4) is 0 Å². The van der Waals surface area contributed by atoms with E-state index in [0.29, 0.717) is 12.2 Å². The van der Waals surface area contributed by atoms with Crippen molar-refractivity contribution in [3.8, 4) is 0 Å². The summed E-state index contributed by atoms with van der Waals surface area (Å²) in [7, 11) is 4.04. The normalized spacial score (nSPS) is 24.9. The lowest BCUT2D eigenvalue weighted by Crippen LogP contribution is -2.50. The number of aromatic amines is 1. The molecule has 3 rings (SSSR count). The summed E-state index contributed by atoms with van der Waals surface area (Å²) >= 11 is 0. The van der Waals surface area contributed by atoms with Crippen LogP contribution >= 0.6 is 0 Å². The predicted molar refractivity (Wildman–Crippen MR) is 88.1 cm³/mol. The Bertz CT molecular complexity index is 569. The molecule has 0 aliphatic carbocycles. The fraction of sp³-hybridized carbons (Fsp3) is 0.647. The summed E-state index contributed by atoms with van der Waals surface area (Å²) in [6.45, 7) is 3.77. The van der Waals surface area contributed by atoms with E-state index in [2.05, 4.69) is 9.88 Å². The molecule has 2 aliphatic heterocycles. The number of rotatable bonds is 4. The van der Waals surface area contributed by atoms with Gasteiger partial charge >= 0.3 is 0 Å². The maximum atomic E-state index is 12.9. The summed E-state index contributed by atoms with van der Waals surface area (Å²) in [6.07, 6.45) is 4.43. The predicted octanol–water partition coefficient (Wildman–Crippen LogP) is 1.03. The van der Waals surface area contributed by atoms with E-state index in [-0.39, 0.29) is 17.2 Å². The highest BCUT2D eigenvalue weighted by Crippen LogP contribution is 2.40. The zero-order chi connectivity index (χ0) is 16.4. The van der Waals surface area contributed by atoms with Crippen LogP contribution in [0.2, 0.25) is 0 Å². The molecule has 0 aromatic carbocycles. The quantitative estimate of drug-likeness (QED) is 0.902. The minimum absolute atomic E-state index is 0.00798. The Kier molecular flexibility index (Phi) is 4.43. The number of carbonyl (C=O) groups is 2. The fourth-order valence-corrected chi connectivity index (χ4v) is 3.74. The monoisotopic (exact) mass is 318 g/mol. The summed E-state index contributed by atoms with van der Waals surface area (Å²) in [4.78, 5) is 34.4. The van der Waals surface area contributed by atoms with E-state index >= 15 is 0 Å². The van der Waals surface area contributed by atoms with Gasteiger partial charge in [-0.05, 0) is 45.5 Å². The van der Waals surface area contributed by atoms with Gasteiger partial charge in [0.05, 0.1) is 5.41 Å². The van der Waals surface area contributed by atoms with Crippen molar-refractivity contribution in [3.05, 3.63) is 24.0 Å². The van der Waals surface area contributed by atoms with Gasteiger partial charge in [-0.3, -0.25) is 9.59 Å². The van der Waals surface area contributed by atoms with Crippen molar-refractivity contribution in [1.82, 2.24) is 19.7 Å². The van der Waals surface area contributed by atoms with Crippen molar-refractivity contribution in [2.24, 2.45) is 5.41 Å². The van der Waals surface area contributed by atoms with Crippen molar-refractivity contribution in [3.63, 3.8) is 0 Å². The van der Waals surface area contributed by atoms with Gasteiger partial charge in [0.15, 0.2) is 0 Å². The Hall–Kier alpha value is -1.82. The molecule has 6 heteroatoms. The van der Waals surface area contributed by atoms with Gasteiger partial charge in [-0.1, -0.05) is 0 Å². The average molecular weight is 318 g/mol. The Morgan fingerprint density at radius 2 is 2.17 bits per heavy atom. The first kappa shape index (κ1) is 16.1. The minimum Gasteiger partial charge on any atom is -0.357 e.